The average Bonchev–Trinajstić information content (AvgIpc) is 3.44. The molecule has 0 aromatic heterocycles. The van der Waals surface area contributed by atoms with Gasteiger partial charge >= 0.3 is 6.03 Å². The first kappa shape index (κ1) is 26.5. The molecule has 3 heterocycles. The van der Waals surface area contributed by atoms with Crippen molar-refractivity contribution in [1.82, 2.24) is 25.1 Å². The van der Waals surface area contributed by atoms with Gasteiger partial charge in [-0.15, -0.1) is 0 Å². The number of ether oxygens (including phenoxy) is 2. The Bertz CT molecular complexity index is 1450. The molecule has 2 saturated heterocycles. The molecule has 0 radical (unpaired) electrons. The summed E-state index contributed by atoms with van der Waals surface area (Å²) in [5.74, 6) is 0.932. The van der Waals surface area contributed by atoms with Gasteiger partial charge in [0.2, 0.25) is 18.6 Å². The van der Waals surface area contributed by atoms with Crippen LogP contribution in [0.4, 0.5) is 4.79 Å². The van der Waals surface area contributed by atoms with E-state index >= 15 is 0 Å². The Hall–Kier alpha value is -4.77. The van der Waals surface area contributed by atoms with Crippen LogP contribution < -0.4 is 14.8 Å². The quantitative estimate of drug-likeness (QED) is 0.478. The van der Waals surface area contributed by atoms with Gasteiger partial charge in [0.25, 0.3) is 0 Å². The van der Waals surface area contributed by atoms with Crippen molar-refractivity contribution in [2.24, 2.45) is 0 Å². The molecule has 2 N–H and O–H groups in total. The predicted octanol–water partition coefficient (Wildman–Crippen LogP) is 2.30. The number of hydrogen-bond acceptors (Lipinski definition) is 7. The van der Waals surface area contributed by atoms with Gasteiger partial charge in [0.15, 0.2) is 11.5 Å². The molecule has 2 atom stereocenters. The molecule has 0 saturated carbocycles. The van der Waals surface area contributed by atoms with Gasteiger partial charge in [0.05, 0.1) is 13.1 Å². The molecule has 1 unspecified atom stereocenters. The molecule has 3 aliphatic heterocycles. The largest absolute Gasteiger partial charge is 0.508 e. The van der Waals surface area contributed by atoms with Crippen LogP contribution in [0.1, 0.15) is 16.7 Å². The lowest BCUT2D eigenvalue weighted by molar-refractivity contribution is -0.187. The van der Waals surface area contributed by atoms with E-state index < -0.39 is 12.2 Å². The number of urea groups is 1. The molecule has 6 rings (SSSR count). The van der Waals surface area contributed by atoms with Crippen LogP contribution in [0.25, 0.3) is 0 Å². The van der Waals surface area contributed by atoms with Crippen molar-refractivity contribution >= 4 is 17.8 Å². The summed E-state index contributed by atoms with van der Waals surface area (Å²) in [7, 11) is 1.70. The Kier molecular flexibility index (Phi) is 7.10. The number of amides is 4. The second-order valence-corrected chi connectivity index (χ2v) is 10.4. The number of fused-ring (bicyclic) bond motifs is 2. The molecule has 3 aliphatic rings. The van der Waals surface area contributed by atoms with Crippen molar-refractivity contribution in [2.45, 2.75) is 31.7 Å². The maximum absolute atomic E-state index is 14.0. The summed E-state index contributed by atoms with van der Waals surface area (Å²) in [6.07, 6.45) is -0.479. The highest BCUT2D eigenvalue weighted by Gasteiger charge is 2.50. The fourth-order valence-corrected chi connectivity index (χ4v) is 5.62. The number of rotatable bonds is 6. The number of piperazine rings is 1. The third-order valence-corrected chi connectivity index (χ3v) is 7.61. The minimum Gasteiger partial charge on any atom is -0.508 e. The Morgan fingerprint density at radius 3 is 2.46 bits per heavy atom. The molecule has 0 spiro atoms. The van der Waals surface area contributed by atoms with Crippen LogP contribution in [0.15, 0.2) is 72.8 Å². The maximum atomic E-state index is 14.0. The standard InChI is InChI=1S/C30H31N5O6/c1-32-18-28(37)34-24(13-20-7-10-23(36)11-8-20)29(38)33(16-22-9-12-25-26(14-22)41-19-40-25)17-27(34)35(32)30(39)31-15-21-5-3-2-4-6-21/h2-12,14,24,27,36H,13,15-19H2,1H3,(H,31,39)/t24?,27-/m0/s1. The Labute approximate surface area is 237 Å². The van der Waals surface area contributed by atoms with Crippen LogP contribution in [0.2, 0.25) is 0 Å². The number of hydrogen-bond donors (Lipinski definition) is 2. The van der Waals surface area contributed by atoms with Crippen LogP contribution in [0.3, 0.4) is 0 Å². The van der Waals surface area contributed by atoms with Gasteiger partial charge in [-0.05, 0) is 41.0 Å². The minimum absolute atomic E-state index is 0.0449. The third kappa shape index (κ3) is 5.36. The minimum atomic E-state index is -0.835. The van der Waals surface area contributed by atoms with Gasteiger partial charge < -0.3 is 29.7 Å². The third-order valence-electron chi connectivity index (χ3n) is 7.61. The molecule has 11 heteroatoms. The monoisotopic (exact) mass is 557 g/mol. The summed E-state index contributed by atoms with van der Waals surface area (Å²) in [5, 5.41) is 15.9. The van der Waals surface area contributed by atoms with Crippen molar-refractivity contribution in [3.8, 4) is 17.2 Å². The highest BCUT2D eigenvalue weighted by molar-refractivity contribution is 5.91. The Balaban J connectivity index is 1.30. The zero-order valence-electron chi connectivity index (χ0n) is 22.6. The number of carbonyl (C=O) groups excluding carboxylic acids is 3. The summed E-state index contributed by atoms with van der Waals surface area (Å²) in [4.78, 5) is 44.3. The Morgan fingerprint density at radius 1 is 0.951 bits per heavy atom. The van der Waals surface area contributed by atoms with E-state index in [9.17, 15) is 19.5 Å². The number of carbonyl (C=O) groups is 3. The topological polar surface area (TPSA) is 115 Å². The van der Waals surface area contributed by atoms with E-state index in [0.717, 1.165) is 16.7 Å². The lowest BCUT2D eigenvalue weighted by Gasteiger charge is -2.54. The van der Waals surface area contributed by atoms with E-state index in [1.807, 2.05) is 48.5 Å². The van der Waals surface area contributed by atoms with Crippen LogP contribution in [-0.4, -0.2) is 81.9 Å². The second kappa shape index (κ2) is 11.0. The lowest BCUT2D eigenvalue weighted by Crippen LogP contribution is -2.76. The van der Waals surface area contributed by atoms with E-state index in [-0.39, 0.29) is 56.4 Å². The fourth-order valence-electron chi connectivity index (χ4n) is 5.62. The molecule has 0 aliphatic carbocycles. The smallest absolute Gasteiger partial charge is 0.334 e. The summed E-state index contributed by atoms with van der Waals surface area (Å²) in [6, 6.07) is 20.5. The average molecular weight is 558 g/mol. The van der Waals surface area contributed by atoms with E-state index in [2.05, 4.69) is 5.32 Å². The molecule has 3 aromatic carbocycles. The summed E-state index contributed by atoms with van der Waals surface area (Å²) in [5.41, 5.74) is 2.58. The second-order valence-electron chi connectivity index (χ2n) is 10.4. The van der Waals surface area contributed by atoms with E-state index in [4.69, 9.17) is 9.47 Å². The zero-order valence-corrected chi connectivity index (χ0v) is 22.6. The van der Waals surface area contributed by atoms with Crippen LogP contribution in [0.5, 0.6) is 17.2 Å². The van der Waals surface area contributed by atoms with Gasteiger partial charge in [0, 0.05) is 26.6 Å². The molecular formula is C30H31N5O6. The molecule has 41 heavy (non-hydrogen) atoms. The highest BCUT2D eigenvalue weighted by atomic mass is 16.7. The van der Waals surface area contributed by atoms with Crippen molar-refractivity contribution in [2.75, 3.05) is 26.9 Å². The molecule has 2 fully saturated rings. The van der Waals surface area contributed by atoms with Crippen LogP contribution in [0, 0.1) is 0 Å². The van der Waals surface area contributed by atoms with Gasteiger partial charge in [0.1, 0.15) is 18.0 Å². The molecule has 4 amide bonds. The maximum Gasteiger partial charge on any atom is 0.334 e. The Morgan fingerprint density at radius 2 is 1.68 bits per heavy atom. The van der Waals surface area contributed by atoms with Crippen LogP contribution in [-0.2, 0) is 29.1 Å². The van der Waals surface area contributed by atoms with Gasteiger partial charge in [-0.2, -0.15) is 0 Å². The van der Waals surface area contributed by atoms with Gasteiger partial charge in [-0.3, -0.25) is 9.59 Å². The SMILES string of the molecule is CN1CC(=O)N2C(Cc3ccc(O)cc3)C(=O)N(Cc3ccc4c(c3)OCO4)C[C@@H]2N1C(=O)NCc1ccccc1. The summed E-state index contributed by atoms with van der Waals surface area (Å²) >= 11 is 0. The number of aromatic hydroxyl groups is 1. The van der Waals surface area contributed by atoms with Crippen molar-refractivity contribution in [3.05, 3.63) is 89.5 Å². The van der Waals surface area contributed by atoms with Gasteiger partial charge in [-0.25, -0.2) is 14.8 Å². The van der Waals surface area contributed by atoms with E-state index in [1.165, 1.54) is 5.01 Å². The van der Waals surface area contributed by atoms with E-state index in [0.29, 0.717) is 18.0 Å². The normalized spacial score (nSPS) is 20.3. The van der Waals surface area contributed by atoms with Gasteiger partial charge in [-0.1, -0.05) is 48.5 Å². The number of nitrogens with zero attached hydrogens (tertiary/aromatic N) is 4. The summed E-state index contributed by atoms with van der Waals surface area (Å²) < 4.78 is 10.9. The number of likely N-dealkylation sites (N-methyl/N-ethyl adjacent to an activating group) is 1. The predicted molar refractivity (Wildman–Crippen MR) is 147 cm³/mol. The number of phenolic OH excluding ortho intramolecular Hbond substituents is 1. The van der Waals surface area contributed by atoms with Crippen molar-refractivity contribution in [1.29, 1.82) is 0 Å². The fraction of sp³-hybridized carbons (Fsp3) is 0.300. The van der Waals surface area contributed by atoms with Crippen LogP contribution >= 0.6 is 0 Å². The van der Waals surface area contributed by atoms with Crippen molar-refractivity contribution in [3.63, 3.8) is 0 Å². The molecule has 212 valence electrons. The number of phenols is 1. The first-order valence-electron chi connectivity index (χ1n) is 13.5. The number of hydrazine groups is 1. The molecule has 11 nitrogen and oxygen atoms in total. The summed E-state index contributed by atoms with van der Waals surface area (Å²) in [6.45, 7) is 0.824. The number of benzene rings is 3. The molecule has 3 aromatic rings. The zero-order chi connectivity index (χ0) is 28.5. The first-order valence-corrected chi connectivity index (χ1v) is 13.5. The number of nitrogens with one attached hydrogen (secondary N) is 1. The lowest BCUT2D eigenvalue weighted by atomic mass is 9.98. The van der Waals surface area contributed by atoms with E-state index in [1.54, 1.807) is 46.1 Å². The molecule has 0 bridgehead atoms. The molecular weight excluding hydrogens is 526 g/mol. The van der Waals surface area contributed by atoms with Crippen molar-refractivity contribution < 1.29 is 29.0 Å². The highest BCUT2D eigenvalue weighted by Crippen LogP contribution is 2.34. The first-order chi connectivity index (χ1) is 19.9.